The fourth-order valence-corrected chi connectivity index (χ4v) is 7.07. The first-order chi connectivity index (χ1) is 18.0. The van der Waals surface area contributed by atoms with E-state index in [0.29, 0.717) is 29.5 Å². The van der Waals surface area contributed by atoms with Crippen LogP contribution in [-0.4, -0.2) is 49.7 Å². The number of nitrogens with zero attached hydrogens (tertiary/aromatic N) is 1. The Labute approximate surface area is 222 Å². The first-order valence-corrected chi connectivity index (χ1v) is 14.5. The number of furan rings is 1. The molecule has 1 amide bonds. The third-order valence-corrected chi connectivity index (χ3v) is 9.28. The van der Waals surface area contributed by atoms with Gasteiger partial charge in [-0.05, 0) is 84.4 Å². The van der Waals surface area contributed by atoms with Gasteiger partial charge in [-0.2, -0.15) is 4.31 Å². The van der Waals surface area contributed by atoms with E-state index in [4.69, 9.17) is 14.8 Å². The number of primary amides is 1. The molecule has 0 spiro atoms. The lowest BCUT2D eigenvalue weighted by Crippen LogP contribution is -2.38. The highest BCUT2D eigenvalue weighted by atomic mass is 32.2. The van der Waals surface area contributed by atoms with Crippen LogP contribution in [0.2, 0.25) is 6.32 Å². The van der Waals surface area contributed by atoms with Crippen molar-refractivity contribution in [3.8, 4) is 11.3 Å². The Morgan fingerprint density at radius 2 is 1.95 bits per heavy atom. The van der Waals surface area contributed by atoms with Gasteiger partial charge in [0.25, 0.3) is 5.91 Å². The molecule has 1 aliphatic carbocycles. The van der Waals surface area contributed by atoms with E-state index >= 15 is 0 Å². The summed E-state index contributed by atoms with van der Waals surface area (Å²) < 4.78 is 53.3. The fraction of sp³-hybridized carbons (Fsp3) is 0.444. The van der Waals surface area contributed by atoms with Crippen LogP contribution in [0.4, 0.5) is 4.39 Å². The minimum atomic E-state index is -3.61. The summed E-state index contributed by atoms with van der Waals surface area (Å²) in [4.78, 5) is 12.5. The molecule has 1 saturated heterocycles. The minimum absolute atomic E-state index is 0.00538. The van der Waals surface area contributed by atoms with Crippen molar-refractivity contribution < 1.29 is 31.7 Å². The standard InChI is InChI=1S/C27H32BFN2O6S/c1-16(2)15-38(34,35)31(12-17-11-28(33)36-14-17)13-20-9-24-23(10-22(20)18-3-4-18)25(27(30)32)26(37-24)19-5-7-21(29)8-6-19/h5-10,16-18,33H,3-4,11-15H2,1-2H3,(H2,30,32). The molecule has 38 heavy (non-hydrogen) atoms. The van der Waals surface area contributed by atoms with Crippen molar-refractivity contribution in [1.82, 2.24) is 4.31 Å². The van der Waals surface area contributed by atoms with Crippen LogP contribution in [0.1, 0.15) is 54.1 Å². The number of rotatable bonds is 10. The Balaban J connectivity index is 1.58. The SMILES string of the molecule is CC(C)CS(=O)(=O)N(Cc1cc2oc(-c3ccc(F)cc3)c(C(N)=O)c2cc1C1CC1)CC1COB(O)C1. The van der Waals surface area contributed by atoms with E-state index in [1.165, 1.54) is 28.6 Å². The van der Waals surface area contributed by atoms with E-state index < -0.39 is 28.9 Å². The summed E-state index contributed by atoms with van der Waals surface area (Å²) in [6, 6.07) is 9.33. The van der Waals surface area contributed by atoms with E-state index in [2.05, 4.69) is 0 Å². The Morgan fingerprint density at radius 3 is 2.53 bits per heavy atom. The summed E-state index contributed by atoms with van der Waals surface area (Å²) in [6.45, 7) is 4.41. The minimum Gasteiger partial charge on any atom is -0.455 e. The zero-order valence-corrected chi connectivity index (χ0v) is 22.3. The van der Waals surface area contributed by atoms with E-state index in [0.717, 1.165) is 24.0 Å². The summed E-state index contributed by atoms with van der Waals surface area (Å²) >= 11 is 0. The molecule has 1 unspecified atom stereocenters. The number of halogens is 1. The lowest BCUT2D eigenvalue weighted by atomic mass is 9.82. The van der Waals surface area contributed by atoms with Crippen LogP contribution in [0.25, 0.3) is 22.3 Å². The van der Waals surface area contributed by atoms with Crippen molar-refractivity contribution in [2.45, 2.75) is 45.5 Å². The first-order valence-electron chi connectivity index (χ1n) is 12.9. The van der Waals surface area contributed by atoms with Crippen molar-refractivity contribution in [2.24, 2.45) is 17.6 Å². The normalized spacial score (nSPS) is 18.3. The maximum Gasteiger partial charge on any atom is 0.454 e. The van der Waals surface area contributed by atoms with E-state index in [1.54, 1.807) is 6.07 Å². The molecule has 0 radical (unpaired) electrons. The number of fused-ring (bicyclic) bond motifs is 1. The van der Waals surface area contributed by atoms with Crippen LogP contribution in [0.3, 0.4) is 0 Å². The smallest absolute Gasteiger partial charge is 0.454 e. The van der Waals surface area contributed by atoms with Crippen molar-refractivity contribution in [3.05, 3.63) is 58.9 Å². The van der Waals surface area contributed by atoms with Crippen LogP contribution < -0.4 is 5.73 Å². The predicted octanol–water partition coefficient (Wildman–Crippen LogP) is 4.13. The van der Waals surface area contributed by atoms with Crippen molar-refractivity contribution >= 4 is 34.0 Å². The first kappa shape index (κ1) is 26.9. The van der Waals surface area contributed by atoms with Crippen molar-refractivity contribution in [1.29, 1.82) is 0 Å². The lowest BCUT2D eigenvalue weighted by molar-refractivity contribution is 0.100. The second-order valence-electron chi connectivity index (χ2n) is 10.9. The van der Waals surface area contributed by atoms with Crippen molar-refractivity contribution in [2.75, 3.05) is 18.9 Å². The zero-order chi connectivity index (χ0) is 27.2. The summed E-state index contributed by atoms with van der Waals surface area (Å²) in [5.41, 5.74) is 8.70. The van der Waals surface area contributed by atoms with Crippen molar-refractivity contribution in [3.63, 3.8) is 0 Å². The molecule has 1 atom stereocenters. The molecule has 202 valence electrons. The number of carbonyl (C=O) groups is 1. The predicted molar refractivity (Wildman–Crippen MR) is 143 cm³/mol. The Bertz CT molecular complexity index is 1450. The molecular formula is C27H32BFN2O6S. The third-order valence-electron chi connectivity index (χ3n) is 7.12. The number of hydrogen-bond donors (Lipinski definition) is 2. The van der Waals surface area contributed by atoms with E-state index in [9.17, 15) is 22.6 Å². The van der Waals surface area contributed by atoms with Gasteiger partial charge < -0.3 is 19.8 Å². The average molecular weight is 542 g/mol. The third kappa shape index (κ3) is 5.66. The number of amides is 1. The molecule has 2 heterocycles. The van der Waals surface area contributed by atoms with Gasteiger partial charge in [0, 0.05) is 30.6 Å². The maximum absolute atomic E-state index is 13.5. The molecule has 3 N–H and O–H groups in total. The van der Waals surface area contributed by atoms with Gasteiger partial charge in [-0.25, -0.2) is 12.8 Å². The van der Waals surface area contributed by atoms with Crippen LogP contribution in [-0.2, 0) is 21.2 Å². The molecule has 2 aromatic carbocycles. The van der Waals surface area contributed by atoms with Gasteiger partial charge in [-0.3, -0.25) is 4.79 Å². The molecule has 8 nitrogen and oxygen atoms in total. The van der Waals surface area contributed by atoms with Gasteiger partial charge in [-0.15, -0.1) is 0 Å². The van der Waals surface area contributed by atoms with Crippen LogP contribution >= 0.6 is 0 Å². The average Bonchev–Trinajstić information content (AvgIpc) is 3.49. The quantitative estimate of drug-likeness (QED) is 0.372. The summed E-state index contributed by atoms with van der Waals surface area (Å²) in [5, 5.41) is 10.4. The molecular weight excluding hydrogens is 510 g/mol. The number of hydrogen-bond acceptors (Lipinski definition) is 6. The molecule has 2 fully saturated rings. The summed E-state index contributed by atoms with van der Waals surface area (Å²) in [5.74, 6) is -0.718. The zero-order valence-electron chi connectivity index (χ0n) is 21.5. The largest absolute Gasteiger partial charge is 0.455 e. The van der Waals surface area contributed by atoms with Gasteiger partial charge >= 0.3 is 7.12 Å². The van der Waals surface area contributed by atoms with Gasteiger partial charge in [0.05, 0.1) is 11.3 Å². The summed E-state index contributed by atoms with van der Waals surface area (Å²) in [6.07, 6.45) is 2.31. The highest BCUT2D eigenvalue weighted by Gasteiger charge is 2.35. The summed E-state index contributed by atoms with van der Waals surface area (Å²) in [7, 11) is -4.49. The number of sulfonamides is 1. The topological polar surface area (TPSA) is 123 Å². The molecule has 1 aliphatic heterocycles. The highest BCUT2D eigenvalue weighted by molar-refractivity contribution is 7.89. The van der Waals surface area contributed by atoms with Crippen LogP contribution in [0, 0.1) is 17.7 Å². The second kappa shape index (κ2) is 10.4. The fourth-order valence-electron chi connectivity index (χ4n) is 5.24. The van der Waals surface area contributed by atoms with E-state index in [1.807, 2.05) is 19.9 Å². The highest BCUT2D eigenvalue weighted by Crippen LogP contribution is 2.45. The molecule has 2 aliphatic rings. The second-order valence-corrected chi connectivity index (χ2v) is 12.9. The molecule has 3 aromatic rings. The monoisotopic (exact) mass is 542 g/mol. The Hall–Kier alpha value is -2.73. The van der Waals surface area contributed by atoms with Gasteiger partial charge in [0.1, 0.15) is 17.2 Å². The van der Waals surface area contributed by atoms with E-state index in [-0.39, 0.29) is 47.9 Å². The molecule has 1 aromatic heterocycles. The Kier molecular flexibility index (Phi) is 7.38. The van der Waals surface area contributed by atoms with Crippen LogP contribution in [0.5, 0.6) is 0 Å². The molecule has 11 heteroatoms. The molecule has 5 rings (SSSR count). The molecule has 1 saturated carbocycles. The number of nitrogens with two attached hydrogens (primary N) is 1. The van der Waals surface area contributed by atoms with Gasteiger partial charge in [0.15, 0.2) is 0 Å². The van der Waals surface area contributed by atoms with Crippen LogP contribution in [0.15, 0.2) is 40.8 Å². The van der Waals surface area contributed by atoms with Gasteiger partial charge in [0.2, 0.25) is 10.0 Å². The lowest BCUT2D eigenvalue weighted by Gasteiger charge is -2.26. The number of carbonyl (C=O) groups excluding carboxylic acids is 1. The van der Waals surface area contributed by atoms with Gasteiger partial charge in [-0.1, -0.05) is 13.8 Å². The molecule has 0 bridgehead atoms. The maximum atomic E-state index is 13.5. The number of benzene rings is 2. The Morgan fingerprint density at radius 1 is 1.24 bits per heavy atom.